The van der Waals surface area contributed by atoms with Crippen LogP contribution in [0.25, 0.3) is 0 Å². The van der Waals surface area contributed by atoms with Crippen LogP contribution < -0.4 is 5.32 Å². The summed E-state index contributed by atoms with van der Waals surface area (Å²) in [6, 6.07) is 17.9. The van der Waals surface area contributed by atoms with Gasteiger partial charge < -0.3 is 4.42 Å². The molecule has 1 heterocycles. The van der Waals surface area contributed by atoms with Crippen LogP contribution in [0.1, 0.15) is 54.9 Å². The molecular formula is C24H25ClN2O2. The van der Waals surface area contributed by atoms with E-state index in [0.717, 1.165) is 24.0 Å². The van der Waals surface area contributed by atoms with E-state index in [9.17, 15) is 4.79 Å². The second-order valence-corrected chi connectivity index (χ2v) is 8.15. The summed E-state index contributed by atoms with van der Waals surface area (Å²) in [4.78, 5) is 17.5. The van der Waals surface area contributed by atoms with Crippen LogP contribution in [0.15, 0.2) is 65.2 Å². The number of nitrogens with one attached hydrogen (secondary N) is 1. The average Bonchev–Trinajstić information content (AvgIpc) is 3.18. The van der Waals surface area contributed by atoms with Gasteiger partial charge in [-0.05, 0) is 42.0 Å². The van der Waals surface area contributed by atoms with Crippen molar-refractivity contribution in [2.24, 2.45) is 5.92 Å². The monoisotopic (exact) mass is 408 g/mol. The largest absolute Gasteiger partial charge is 0.428 e. The third-order valence-electron chi connectivity index (χ3n) is 5.64. The van der Waals surface area contributed by atoms with Crippen molar-refractivity contribution in [1.82, 2.24) is 4.98 Å². The molecule has 5 heteroatoms. The number of benzene rings is 2. The Morgan fingerprint density at radius 3 is 2.52 bits per heavy atom. The van der Waals surface area contributed by atoms with Gasteiger partial charge in [-0.25, -0.2) is 4.98 Å². The van der Waals surface area contributed by atoms with Crippen LogP contribution in [-0.2, 0) is 11.2 Å². The van der Waals surface area contributed by atoms with E-state index in [0.29, 0.717) is 23.1 Å². The van der Waals surface area contributed by atoms with Crippen molar-refractivity contribution in [1.29, 1.82) is 0 Å². The second-order valence-electron chi connectivity index (χ2n) is 7.71. The molecule has 29 heavy (non-hydrogen) atoms. The Kier molecular flexibility index (Phi) is 6.30. The molecule has 3 aromatic rings. The van der Waals surface area contributed by atoms with Gasteiger partial charge in [0.05, 0.1) is 12.1 Å². The number of oxazole rings is 1. The number of hydrogen-bond acceptors (Lipinski definition) is 3. The fourth-order valence-electron chi connectivity index (χ4n) is 4.20. The zero-order chi connectivity index (χ0) is 20.1. The first-order valence-electron chi connectivity index (χ1n) is 10.2. The molecule has 1 aliphatic carbocycles. The van der Waals surface area contributed by atoms with E-state index >= 15 is 0 Å². The number of hydrogen-bond donors (Lipinski definition) is 1. The molecular weight excluding hydrogens is 384 g/mol. The molecule has 1 fully saturated rings. The number of aromatic nitrogens is 1. The van der Waals surface area contributed by atoms with Gasteiger partial charge in [-0.15, -0.1) is 0 Å². The lowest BCUT2D eigenvalue weighted by Gasteiger charge is -2.29. The minimum atomic E-state index is -0.178. The zero-order valence-corrected chi connectivity index (χ0v) is 17.1. The second kappa shape index (κ2) is 9.27. The number of amides is 1. The fourth-order valence-corrected chi connectivity index (χ4v) is 4.33. The van der Waals surface area contributed by atoms with Crippen LogP contribution in [0.2, 0.25) is 5.02 Å². The van der Waals surface area contributed by atoms with Gasteiger partial charge in [0, 0.05) is 11.4 Å². The number of anilines is 1. The maximum Gasteiger partial charge on any atom is 0.301 e. The summed E-state index contributed by atoms with van der Waals surface area (Å²) in [6.07, 6.45) is 8.07. The number of halogens is 1. The van der Waals surface area contributed by atoms with Crippen LogP contribution >= 0.6 is 11.6 Å². The quantitative estimate of drug-likeness (QED) is 0.526. The number of rotatable bonds is 6. The molecule has 0 bridgehead atoms. The molecule has 2 aromatic carbocycles. The highest BCUT2D eigenvalue weighted by atomic mass is 35.5. The SMILES string of the molecule is O=C(Nc1ncc(Cc2ccc(Cl)cc2)o1)C(c1ccccc1)C1CCCCC1. The Bertz CT molecular complexity index is 931. The predicted octanol–water partition coefficient (Wildman–Crippen LogP) is 6.22. The molecule has 0 radical (unpaired) electrons. The highest BCUT2D eigenvalue weighted by Gasteiger charge is 2.31. The highest BCUT2D eigenvalue weighted by Crippen LogP contribution is 2.36. The molecule has 1 saturated carbocycles. The molecule has 1 N–H and O–H groups in total. The van der Waals surface area contributed by atoms with E-state index in [1.54, 1.807) is 6.20 Å². The summed E-state index contributed by atoms with van der Waals surface area (Å²) in [5.74, 6) is 0.845. The van der Waals surface area contributed by atoms with Gasteiger partial charge in [-0.2, -0.15) is 0 Å². The van der Waals surface area contributed by atoms with Gasteiger partial charge in [0.15, 0.2) is 0 Å². The standard InChI is InChI=1S/C24H25ClN2O2/c25-20-13-11-17(12-14-20)15-21-16-26-24(29-21)27-23(28)22(18-7-3-1-4-8-18)19-9-5-2-6-10-19/h1,3-4,7-8,11-14,16,19,22H,2,5-6,9-10,15H2,(H,26,27,28). The van der Waals surface area contributed by atoms with Crippen LogP contribution in [0, 0.1) is 5.92 Å². The number of nitrogens with zero attached hydrogens (tertiary/aromatic N) is 1. The van der Waals surface area contributed by atoms with Gasteiger partial charge in [0.2, 0.25) is 5.91 Å². The van der Waals surface area contributed by atoms with Gasteiger partial charge in [0.25, 0.3) is 0 Å². The summed E-state index contributed by atoms with van der Waals surface area (Å²) in [6.45, 7) is 0. The minimum Gasteiger partial charge on any atom is -0.428 e. The lowest BCUT2D eigenvalue weighted by Crippen LogP contribution is -2.29. The molecule has 4 rings (SSSR count). The lowest BCUT2D eigenvalue weighted by molar-refractivity contribution is -0.119. The van der Waals surface area contributed by atoms with Crippen molar-refractivity contribution >= 4 is 23.5 Å². The third-order valence-corrected chi connectivity index (χ3v) is 5.89. The van der Waals surface area contributed by atoms with Crippen LogP contribution in [0.4, 0.5) is 6.01 Å². The van der Waals surface area contributed by atoms with Crippen LogP contribution in [-0.4, -0.2) is 10.9 Å². The van der Waals surface area contributed by atoms with Crippen molar-refractivity contribution in [2.45, 2.75) is 44.4 Å². The van der Waals surface area contributed by atoms with Gasteiger partial charge in [0.1, 0.15) is 5.76 Å². The van der Waals surface area contributed by atoms with Crippen molar-refractivity contribution in [3.8, 4) is 0 Å². The van der Waals surface area contributed by atoms with Crippen molar-refractivity contribution in [3.05, 3.63) is 82.7 Å². The maximum absolute atomic E-state index is 13.2. The maximum atomic E-state index is 13.2. The molecule has 1 amide bonds. The Morgan fingerprint density at radius 2 is 1.79 bits per heavy atom. The predicted molar refractivity (Wildman–Crippen MR) is 115 cm³/mol. The average molecular weight is 409 g/mol. The Balaban J connectivity index is 1.47. The van der Waals surface area contributed by atoms with Crippen molar-refractivity contribution < 1.29 is 9.21 Å². The number of carbonyl (C=O) groups excluding carboxylic acids is 1. The van der Waals surface area contributed by atoms with E-state index in [-0.39, 0.29) is 17.8 Å². The first-order valence-corrected chi connectivity index (χ1v) is 10.6. The summed E-state index contributed by atoms with van der Waals surface area (Å²) in [5, 5.41) is 3.62. The van der Waals surface area contributed by atoms with Gasteiger partial charge in [-0.3, -0.25) is 10.1 Å². The molecule has 150 valence electrons. The van der Waals surface area contributed by atoms with E-state index in [2.05, 4.69) is 10.3 Å². The first-order chi connectivity index (χ1) is 14.2. The summed E-state index contributed by atoms with van der Waals surface area (Å²) in [7, 11) is 0. The molecule has 1 aliphatic rings. The third kappa shape index (κ3) is 5.07. The Hall–Kier alpha value is -2.59. The number of carbonyl (C=O) groups is 1. The van der Waals surface area contributed by atoms with Crippen molar-refractivity contribution in [3.63, 3.8) is 0 Å². The van der Waals surface area contributed by atoms with Gasteiger partial charge in [-0.1, -0.05) is 73.3 Å². The molecule has 4 nitrogen and oxygen atoms in total. The first kappa shape index (κ1) is 19.7. The summed E-state index contributed by atoms with van der Waals surface area (Å²) >= 11 is 5.94. The van der Waals surface area contributed by atoms with E-state index < -0.39 is 0 Å². The normalized spacial score (nSPS) is 15.8. The van der Waals surface area contributed by atoms with Crippen LogP contribution in [0.5, 0.6) is 0 Å². The summed E-state index contributed by atoms with van der Waals surface area (Å²) in [5.41, 5.74) is 2.14. The van der Waals surface area contributed by atoms with E-state index in [1.807, 2.05) is 54.6 Å². The van der Waals surface area contributed by atoms with Gasteiger partial charge >= 0.3 is 6.01 Å². The van der Waals surface area contributed by atoms with E-state index in [1.165, 1.54) is 19.3 Å². The molecule has 0 aliphatic heterocycles. The molecule has 0 saturated heterocycles. The Morgan fingerprint density at radius 1 is 1.07 bits per heavy atom. The Labute approximate surface area is 176 Å². The fraction of sp³-hybridized carbons (Fsp3) is 0.333. The zero-order valence-electron chi connectivity index (χ0n) is 16.3. The minimum absolute atomic E-state index is 0.0389. The smallest absolute Gasteiger partial charge is 0.301 e. The molecule has 1 aromatic heterocycles. The topological polar surface area (TPSA) is 55.1 Å². The van der Waals surface area contributed by atoms with Crippen LogP contribution in [0.3, 0.4) is 0 Å². The molecule has 1 unspecified atom stereocenters. The van der Waals surface area contributed by atoms with E-state index in [4.69, 9.17) is 16.0 Å². The molecule has 0 spiro atoms. The highest BCUT2D eigenvalue weighted by molar-refractivity contribution is 6.30. The lowest BCUT2D eigenvalue weighted by atomic mass is 9.76. The van der Waals surface area contributed by atoms with Crippen molar-refractivity contribution in [2.75, 3.05) is 5.32 Å². The molecule has 1 atom stereocenters. The summed E-state index contributed by atoms with van der Waals surface area (Å²) < 4.78 is 5.79.